The first kappa shape index (κ1) is 16.7. The molecular weight excluding hydrogens is 298 g/mol. The van der Waals surface area contributed by atoms with E-state index in [2.05, 4.69) is 29.2 Å². The average molecular weight is 323 g/mol. The second kappa shape index (κ2) is 8.11. The van der Waals surface area contributed by atoms with Gasteiger partial charge in [0.1, 0.15) is 6.04 Å². The van der Waals surface area contributed by atoms with Crippen LogP contribution in [0.5, 0.6) is 0 Å². The van der Waals surface area contributed by atoms with Gasteiger partial charge in [0, 0.05) is 5.92 Å². The van der Waals surface area contributed by atoms with E-state index >= 15 is 0 Å². The Bertz CT molecular complexity index is 596. The van der Waals surface area contributed by atoms with Gasteiger partial charge < -0.3 is 5.11 Å². The van der Waals surface area contributed by atoms with Crippen LogP contribution in [0.1, 0.15) is 42.7 Å². The van der Waals surface area contributed by atoms with Gasteiger partial charge in [0.2, 0.25) is 0 Å². The minimum Gasteiger partial charge on any atom is -0.480 e. The average Bonchev–Trinajstić information content (AvgIpc) is 2.64. The molecule has 1 atom stereocenters. The molecule has 1 saturated heterocycles. The maximum atomic E-state index is 12.0. The lowest BCUT2D eigenvalue weighted by Gasteiger charge is -2.34. The maximum absolute atomic E-state index is 12.0. The summed E-state index contributed by atoms with van der Waals surface area (Å²) in [6.07, 6.45) is 4.03. The number of piperidine rings is 1. The van der Waals surface area contributed by atoms with Crippen LogP contribution in [-0.2, 0) is 4.79 Å². The molecule has 0 saturated carbocycles. The maximum Gasteiger partial charge on any atom is 0.320 e. The Labute approximate surface area is 143 Å². The second-order valence-electron chi connectivity index (χ2n) is 6.56. The summed E-state index contributed by atoms with van der Waals surface area (Å²) in [6.45, 7) is 1.79. The van der Waals surface area contributed by atoms with Crippen molar-refractivity contribution < 1.29 is 9.90 Å². The number of carbonyl (C=O) groups is 1. The molecule has 126 valence electrons. The van der Waals surface area contributed by atoms with Crippen molar-refractivity contribution in [2.75, 3.05) is 13.1 Å². The summed E-state index contributed by atoms with van der Waals surface area (Å²) < 4.78 is 0. The van der Waals surface area contributed by atoms with Gasteiger partial charge in [-0.15, -0.1) is 0 Å². The van der Waals surface area contributed by atoms with Gasteiger partial charge in [0.05, 0.1) is 0 Å². The van der Waals surface area contributed by atoms with Gasteiger partial charge in [0.25, 0.3) is 0 Å². The van der Waals surface area contributed by atoms with E-state index < -0.39 is 12.0 Å². The highest BCUT2D eigenvalue weighted by atomic mass is 16.4. The molecule has 1 aliphatic heterocycles. The number of hydrogen-bond acceptors (Lipinski definition) is 2. The largest absolute Gasteiger partial charge is 0.480 e. The van der Waals surface area contributed by atoms with E-state index in [-0.39, 0.29) is 5.92 Å². The van der Waals surface area contributed by atoms with Crippen LogP contribution in [0.2, 0.25) is 0 Å². The molecule has 0 radical (unpaired) electrons. The van der Waals surface area contributed by atoms with Crippen molar-refractivity contribution in [1.82, 2.24) is 4.90 Å². The molecule has 0 aliphatic carbocycles. The van der Waals surface area contributed by atoms with Crippen LogP contribution in [0.25, 0.3) is 0 Å². The zero-order valence-electron chi connectivity index (χ0n) is 14.0. The van der Waals surface area contributed by atoms with Crippen LogP contribution in [0.3, 0.4) is 0 Å². The molecule has 1 aliphatic rings. The van der Waals surface area contributed by atoms with Crippen molar-refractivity contribution in [3.05, 3.63) is 71.8 Å². The van der Waals surface area contributed by atoms with Crippen molar-refractivity contribution in [3.8, 4) is 0 Å². The first-order chi connectivity index (χ1) is 11.8. The SMILES string of the molecule is O=C(O)C(CC(c1ccccc1)c1ccccc1)N1CCCCC1. The molecule has 1 heterocycles. The predicted octanol–water partition coefficient (Wildman–Crippen LogP) is 4.15. The van der Waals surface area contributed by atoms with Gasteiger partial charge in [-0.05, 0) is 43.5 Å². The Morgan fingerprint density at radius 1 is 0.875 bits per heavy atom. The summed E-state index contributed by atoms with van der Waals surface area (Å²) in [5.74, 6) is -0.593. The molecule has 1 N–H and O–H groups in total. The monoisotopic (exact) mass is 323 g/mol. The smallest absolute Gasteiger partial charge is 0.320 e. The third-order valence-corrected chi connectivity index (χ3v) is 4.98. The van der Waals surface area contributed by atoms with Crippen molar-refractivity contribution in [1.29, 1.82) is 0 Å². The van der Waals surface area contributed by atoms with Crippen LogP contribution in [-0.4, -0.2) is 35.1 Å². The summed E-state index contributed by atoms with van der Waals surface area (Å²) in [6, 6.07) is 20.1. The van der Waals surface area contributed by atoms with Gasteiger partial charge in [-0.3, -0.25) is 9.69 Å². The standard InChI is InChI=1S/C21H25NO2/c23-21(24)20(22-14-8-3-9-15-22)16-19(17-10-4-1-5-11-17)18-12-6-2-7-13-18/h1-2,4-7,10-13,19-20H,3,8-9,14-16H2,(H,23,24). The summed E-state index contributed by atoms with van der Waals surface area (Å²) in [5, 5.41) is 9.83. The highest BCUT2D eigenvalue weighted by Crippen LogP contribution is 2.31. The zero-order valence-corrected chi connectivity index (χ0v) is 14.0. The molecule has 3 heteroatoms. The third kappa shape index (κ3) is 4.04. The van der Waals surface area contributed by atoms with E-state index in [9.17, 15) is 9.90 Å². The highest BCUT2D eigenvalue weighted by Gasteiger charge is 2.30. The lowest BCUT2D eigenvalue weighted by molar-refractivity contribution is -0.144. The first-order valence-electron chi connectivity index (χ1n) is 8.82. The normalized spacial score (nSPS) is 16.9. The number of hydrogen-bond donors (Lipinski definition) is 1. The van der Waals surface area contributed by atoms with Crippen molar-refractivity contribution in [3.63, 3.8) is 0 Å². The first-order valence-corrected chi connectivity index (χ1v) is 8.82. The lowest BCUT2D eigenvalue weighted by Crippen LogP contribution is -2.45. The minimum absolute atomic E-state index is 0.107. The molecule has 0 amide bonds. The van der Waals surface area contributed by atoms with Gasteiger partial charge in [-0.2, -0.15) is 0 Å². The Balaban J connectivity index is 1.88. The minimum atomic E-state index is -0.700. The number of carboxylic acid groups (broad SMARTS) is 1. The van der Waals surface area contributed by atoms with E-state index in [1.54, 1.807) is 0 Å². The number of nitrogens with zero attached hydrogens (tertiary/aromatic N) is 1. The van der Waals surface area contributed by atoms with Gasteiger partial charge in [-0.1, -0.05) is 67.1 Å². The van der Waals surface area contributed by atoms with Crippen LogP contribution in [0, 0.1) is 0 Å². The fourth-order valence-electron chi connectivity index (χ4n) is 3.69. The Hall–Kier alpha value is -2.13. The molecular formula is C21H25NO2. The molecule has 0 spiro atoms. The molecule has 3 rings (SSSR count). The van der Waals surface area contributed by atoms with Gasteiger partial charge in [-0.25, -0.2) is 0 Å². The topological polar surface area (TPSA) is 40.5 Å². The van der Waals surface area contributed by atoms with E-state index in [0.29, 0.717) is 6.42 Å². The lowest BCUT2D eigenvalue weighted by atomic mass is 9.85. The Kier molecular flexibility index (Phi) is 5.65. The zero-order chi connectivity index (χ0) is 16.8. The van der Waals surface area contributed by atoms with Crippen LogP contribution < -0.4 is 0 Å². The van der Waals surface area contributed by atoms with Crippen LogP contribution in [0.4, 0.5) is 0 Å². The molecule has 0 aromatic heterocycles. The van der Waals surface area contributed by atoms with Crippen molar-refractivity contribution in [2.45, 2.75) is 37.6 Å². The Morgan fingerprint density at radius 2 is 1.38 bits per heavy atom. The van der Waals surface area contributed by atoms with Gasteiger partial charge in [0.15, 0.2) is 0 Å². The molecule has 1 fully saturated rings. The van der Waals surface area contributed by atoms with E-state index in [1.807, 2.05) is 36.4 Å². The molecule has 0 bridgehead atoms. The molecule has 24 heavy (non-hydrogen) atoms. The number of benzene rings is 2. The highest BCUT2D eigenvalue weighted by molar-refractivity contribution is 5.73. The number of likely N-dealkylation sites (tertiary alicyclic amines) is 1. The number of carboxylic acids is 1. The summed E-state index contributed by atoms with van der Waals surface area (Å²) >= 11 is 0. The molecule has 2 aromatic rings. The van der Waals surface area contributed by atoms with Crippen LogP contribution in [0.15, 0.2) is 60.7 Å². The van der Waals surface area contributed by atoms with Crippen molar-refractivity contribution >= 4 is 5.97 Å². The fraction of sp³-hybridized carbons (Fsp3) is 0.381. The van der Waals surface area contributed by atoms with Crippen LogP contribution >= 0.6 is 0 Å². The molecule has 3 nitrogen and oxygen atoms in total. The van der Waals surface area contributed by atoms with E-state index in [1.165, 1.54) is 17.5 Å². The predicted molar refractivity (Wildman–Crippen MR) is 96.2 cm³/mol. The second-order valence-corrected chi connectivity index (χ2v) is 6.56. The quantitative estimate of drug-likeness (QED) is 0.868. The third-order valence-electron chi connectivity index (χ3n) is 4.98. The van der Waals surface area contributed by atoms with Gasteiger partial charge >= 0.3 is 5.97 Å². The fourth-order valence-corrected chi connectivity index (χ4v) is 3.69. The molecule has 1 unspecified atom stereocenters. The molecule has 2 aromatic carbocycles. The van der Waals surface area contributed by atoms with E-state index in [0.717, 1.165) is 25.9 Å². The van der Waals surface area contributed by atoms with Crippen molar-refractivity contribution in [2.24, 2.45) is 0 Å². The number of rotatable bonds is 6. The number of aliphatic carboxylic acids is 1. The summed E-state index contributed by atoms with van der Waals surface area (Å²) in [7, 11) is 0. The Morgan fingerprint density at radius 3 is 1.83 bits per heavy atom. The summed E-state index contributed by atoms with van der Waals surface area (Å²) in [4.78, 5) is 14.1. The summed E-state index contributed by atoms with van der Waals surface area (Å²) in [5.41, 5.74) is 2.37. The van der Waals surface area contributed by atoms with E-state index in [4.69, 9.17) is 0 Å².